The molecule has 0 spiro atoms. The van der Waals surface area contributed by atoms with E-state index >= 15 is 0 Å². The van der Waals surface area contributed by atoms with Gasteiger partial charge in [0.05, 0.1) is 10.5 Å². The average Bonchev–Trinajstić information content (AvgIpc) is 2.72. The van der Waals surface area contributed by atoms with Crippen LogP contribution in [0.1, 0.15) is 44.6 Å². The van der Waals surface area contributed by atoms with Crippen LogP contribution in [0, 0.1) is 11.3 Å². The Bertz CT molecular complexity index is 605. The maximum Gasteiger partial charge on any atom is 0.244 e. The second-order valence-electron chi connectivity index (χ2n) is 5.14. The molecule has 0 amide bonds. The summed E-state index contributed by atoms with van der Waals surface area (Å²) in [6.07, 6.45) is 4.76. The summed E-state index contributed by atoms with van der Waals surface area (Å²) in [4.78, 5) is 0.142. The van der Waals surface area contributed by atoms with E-state index in [2.05, 4.69) is 0 Å². The summed E-state index contributed by atoms with van der Waals surface area (Å²) >= 11 is 0. The highest BCUT2D eigenvalue weighted by atomic mass is 32.2. The molecule has 1 atom stereocenters. The summed E-state index contributed by atoms with van der Waals surface area (Å²) in [6.45, 7) is 2.58. The van der Waals surface area contributed by atoms with Crippen molar-refractivity contribution in [2.75, 3.05) is 6.54 Å². The molecule has 0 aromatic heterocycles. The van der Waals surface area contributed by atoms with Crippen molar-refractivity contribution >= 4 is 10.0 Å². The molecular formula is C15H20N2O2S. The van der Waals surface area contributed by atoms with Gasteiger partial charge >= 0.3 is 0 Å². The van der Waals surface area contributed by atoms with E-state index in [0.717, 1.165) is 32.1 Å². The number of sulfonamides is 1. The molecule has 5 heteroatoms. The van der Waals surface area contributed by atoms with Crippen LogP contribution in [0.2, 0.25) is 0 Å². The fourth-order valence-corrected chi connectivity index (χ4v) is 4.70. The van der Waals surface area contributed by atoms with Gasteiger partial charge in [0, 0.05) is 12.6 Å². The molecular weight excluding hydrogens is 272 g/mol. The molecule has 1 aliphatic rings. The van der Waals surface area contributed by atoms with E-state index in [4.69, 9.17) is 5.26 Å². The van der Waals surface area contributed by atoms with Crippen molar-refractivity contribution < 1.29 is 8.42 Å². The highest BCUT2D eigenvalue weighted by Crippen LogP contribution is 2.27. The smallest absolute Gasteiger partial charge is 0.207 e. The Hall–Kier alpha value is -1.38. The second-order valence-corrected chi connectivity index (χ2v) is 6.99. The topological polar surface area (TPSA) is 61.2 Å². The second kappa shape index (κ2) is 6.38. The first kappa shape index (κ1) is 15.0. The minimum atomic E-state index is -3.58. The van der Waals surface area contributed by atoms with E-state index < -0.39 is 10.0 Å². The highest BCUT2D eigenvalue weighted by molar-refractivity contribution is 7.89. The summed E-state index contributed by atoms with van der Waals surface area (Å²) in [5.41, 5.74) is 0.228. The summed E-state index contributed by atoms with van der Waals surface area (Å²) in [5, 5.41) is 9.13. The minimum absolute atomic E-state index is 0.0502. The van der Waals surface area contributed by atoms with Gasteiger partial charge in [0.1, 0.15) is 6.07 Å². The van der Waals surface area contributed by atoms with Crippen LogP contribution in [0.3, 0.4) is 0 Å². The van der Waals surface area contributed by atoms with Gasteiger partial charge in [-0.15, -0.1) is 0 Å². The predicted molar refractivity (Wildman–Crippen MR) is 77.6 cm³/mol. The molecule has 0 radical (unpaired) electrons. The van der Waals surface area contributed by atoms with Gasteiger partial charge in [0.2, 0.25) is 10.0 Å². The van der Waals surface area contributed by atoms with Crippen LogP contribution in [-0.4, -0.2) is 25.3 Å². The maximum atomic E-state index is 12.9. The molecule has 1 aromatic rings. The molecule has 0 saturated carbocycles. The van der Waals surface area contributed by atoms with Crippen LogP contribution in [-0.2, 0) is 10.0 Å². The lowest BCUT2D eigenvalue weighted by Gasteiger charge is -2.28. The molecule has 4 nitrogen and oxygen atoms in total. The molecule has 2 rings (SSSR count). The molecule has 0 aliphatic carbocycles. The quantitative estimate of drug-likeness (QED) is 0.860. The van der Waals surface area contributed by atoms with Gasteiger partial charge in [-0.05, 0) is 31.4 Å². The summed E-state index contributed by atoms with van der Waals surface area (Å²) < 4.78 is 27.3. The van der Waals surface area contributed by atoms with Gasteiger partial charge in [-0.25, -0.2) is 8.42 Å². The van der Waals surface area contributed by atoms with Gasteiger partial charge in [-0.3, -0.25) is 0 Å². The minimum Gasteiger partial charge on any atom is -0.207 e. The van der Waals surface area contributed by atoms with Gasteiger partial charge in [0.15, 0.2) is 0 Å². The zero-order valence-corrected chi connectivity index (χ0v) is 12.6. The van der Waals surface area contributed by atoms with Gasteiger partial charge in [-0.1, -0.05) is 31.9 Å². The molecule has 0 N–H and O–H groups in total. The van der Waals surface area contributed by atoms with Crippen LogP contribution in [0.25, 0.3) is 0 Å². The Kier molecular flexibility index (Phi) is 4.79. The predicted octanol–water partition coefficient (Wildman–Crippen LogP) is 2.90. The van der Waals surface area contributed by atoms with E-state index in [1.54, 1.807) is 22.5 Å². The Labute approximate surface area is 121 Å². The third-order valence-electron chi connectivity index (χ3n) is 3.89. The molecule has 1 heterocycles. The van der Waals surface area contributed by atoms with Crippen molar-refractivity contribution in [3.8, 4) is 6.07 Å². The first-order valence-electron chi connectivity index (χ1n) is 7.12. The number of benzene rings is 1. The monoisotopic (exact) mass is 292 g/mol. The zero-order valence-electron chi connectivity index (χ0n) is 11.7. The van der Waals surface area contributed by atoms with Crippen LogP contribution < -0.4 is 0 Å². The summed E-state index contributed by atoms with van der Waals surface area (Å²) in [5.74, 6) is 0. The van der Waals surface area contributed by atoms with E-state index in [1.807, 2.05) is 13.0 Å². The van der Waals surface area contributed by atoms with E-state index in [1.165, 1.54) is 6.07 Å². The van der Waals surface area contributed by atoms with Gasteiger partial charge in [-0.2, -0.15) is 9.57 Å². The maximum absolute atomic E-state index is 12.9. The molecule has 108 valence electrons. The first-order chi connectivity index (χ1) is 9.61. The third kappa shape index (κ3) is 2.87. The third-order valence-corrected chi connectivity index (χ3v) is 5.90. The van der Waals surface area contributed by atoms with E-state index in [0.29, 0.717) is 6.54 Å². The lowest BCUT2D eigenvalue weighted by molar-refractivity contribution is 0.315. The van der Waals surface area contributed by atoms with Crippen molar-refractivity contribution in [1.29, 1.82) is 5.26 Å². The number of hydrogen-bond donors (Lipinski definition) is 0. The Balaban J connectivity index is 2.45. The number of rotatable bonds is 3. The molecule has 1 fully saturated rings. The summed E-state index contributed by atoms with van der Waals surface area (Å²) in [6, 6.07) is 8.49. The molecule has 1 saturated heterocycles. The Morgan fingerprint density at radius 1 is 1.30 bits per heavy atom. The average molecular weight is 292 g/mol. The van der Waals surface area contributed by atoms with Crippen LogP contribution in [0.5, 0.6) is 0 Å². The standard InChI is InChI=1S/C15H20N2O2S/c1-2-14-9-4-3-7-11-17(14)20(18,19)15-10-6-5-8-13(15)12-16/h5-6,8,10,14H,2-4,7,9,11H2,1H3. The highest BCUT2D eigenvalue weighted by Gasteiger charge is 2.32. The number of hydrogen-bond acceptors (Lipinski definition) is 3. The van der Waals surface area contributed by atoms with Crippen LogP contribution in [0.4, 0.5) is 0 Å². The molecule has 1 aliphatic heterocycles. The van der Waals surface area contributed by atoms with E-state index in [-0.39, 0.29) is 16.5 Å². The largest absolute Gasteiger partial charge is 0.244 e. The van der Waals surface area contributed by atoms with Gasteiger partial charge in [0.25, 0.3) is 0 Å². The van der Waals surface area contributed by atoms with Crippen molar-refractivity contribution in [1.82, 2.24) is 4.31 Å². The fraction of sp³-hybridized carbons (Fsp3) is 0.533. The fourth-order valence-electron chi connectivity index (χ4n) is 2.79. The van der Waals surface area contributed by atoms with Crippen molar-refractivity contribution in [3.05, 3.63) is 29.8 Å². The van der Waals surface area contributed by atoms with Crippen LogP contribution >= 0.6 is 0 Å². The molecule has 1 aromatic carbocycles. The molecule has 0 bridgehead atoms. The number of nitriles is 1. The molecule has 1 unspecified atom stereocenters. The molecule has 20 heavy (non-hydrogen) atoms. The van der Waals surface area contributed by atoms with Crippen molar-refractivity contribution in [2.24, 2.45) is 0 Å². The van der Waals surface area contributed by atoms with Gasteiger partial charge < -0.3 is 0 Å². The zero-order chi connectivity index (χ0) is 14.6. The lowest BCUT2D eigenvalue weighted by atomic mass is 10.1. The Morgan fingerprint density at radius 2 is 2.05 bits per heavy atom. The number of nitrogens with zero attached hydrogens (tertiary/aromatic N) is 2. The van der Waals surface area contributed by atoms with Crippen molar-refractivity contribution in [3.63, 3.8) is 0 Å². The first-order valence-corrected chi connectivity index (χ1v) is 8.56. The Morgan fingerprint density at radius 3 is 2.75 bits per heavy atom. The van der Waals surface area contributed by atoms with Crippen LogP contribution in [0.15, 0.2) is 29.2 Å². The normalized spacial score (nSPS) is 21.1. The summed E-state index contributed by atoms with van der Waals surface area (Å²) in [7, 11) is -3.58. The SMILES string of the molecule is CCC1CCCCCN1S(=O)(=O)c1ccccc1C#N. The van der Waals surface area contributed by atoms with E-state index in [9.17, 15) is 8.42 Å². The lowest BCUT2D eigenvalue weighted by Crippen LogP contribution is -2.39. The van der Waals surface area contributed by atoms with Crippen molar-refractivity contribution in [2.45, 2.75) is 50.0 Å².